The molecule has 0 atom stereocenters. The van der Waals surface area contributed by atoms with Crippen LogP contribution in [0.5, 0.6) is 0 Å². The first kappa shape index (κ1) is 17.9. The molecule has 4 rings (SSSR count). The zero-order valence-corrected chi connectivity index (χ0v) is 18.0. The van der Waals surface area contributed by atoms with E-state index < -0.39 is 8.07 Å². The predicted octanol–water partition coefficient (Wildman–Crippen LogP) is 4.55. The summed E-state index contributed by atoms with van der Waals surface area (Å²) in [5.74, 6) is 2.34. The third-order valence-corrected chi connectivity index (χ3v) is 6.82. The number of fused-ring (bicyclic) bond motifs is 1. The Hall–Kier alpha value is -1.51. The van der Waals surface area contributed by atoms with E-state index in [9.17, 15) is 0 Å². The van der Waals surface area contributed by atoms with Gasteiger partial charge in [-0.3, -0.25) is 4.57 Å². The minimum absolute atomic E-state index is 0.494. The second-order valence-electron chi connectivity index (χ2n) is 8.17. The highest BCUT2D eigenvalue weighted by molar-refractivity contribution is 9.10. The summed E-state index contributed by atoms with van der Waals surface area (Å²) < 4.78 is 11.2. The topological polar surface area (TPSA) is 57.2 Å². The molecule has 3 heterocycles. The lowest BCUT2D eigenvalue weighted by Gasteiger charge is -2.16. The molecule has 0 aromatic carbocycles. The van der Waals surface area contributed by atoms with Crippen LogP contribution in [0.3, 0.4) is 0 Å². The molecule has 26 heavy (non-hydrogen) atoms. The molecule has 0 N–H and O–H groups in total. The molecule has 3 aromatic heterocycles. The fraction of sp³-hybridized carbons (Fsp3) is 0.500. The minimum atomic E-state index is -1.10. The zero-order chi connectivity index (χ0) is 18.3. The summed E-state index contributed by atoms with van der Waals surface area (Å²) in [4.78, 5) is 4.60. The Morgan fingerprint density at radius 1 is 1.23 bits per heavy atom. The number of hydrogen-bond acceptors (Lipinski definition) is 4. The van der Waals surface area contributed by atoms with Crippen molar-refractivity contribution in [2.24, 2.45) is 0 Å². The second kappa shape index (κ2) is 6.90. The Balaban J connectivity index is 1.63. The van der Waals surface area contributed by atoms with Crippen LogP contribution >= 0.6 is 15.9 Å². The highest BCUT2D eigenvalue weighted by atomic mass is 79.9. The lowest BCUT2D eigenvalue weighted by Crippen LogP contribution is -2.22. The maximum atomic E-state index is 6.02. The van der Waals surface area contributed by atoms with Gasteiger partial charge < -0.3 is 9.14 Å². The van der Waals surface area contributed by atoms with Gasteiger partial charge in [-0.05, 0) is 46.9 Å². The van der Waals surface area contributed by atoms with Gasteiger partial charge >= 0.3 is 0 Å². The van der Waals surface area contributed by atoms with Gasteiger partial charge in [-0.25, -0.2) is 4.98 Å². The van der Waals surface area contributed by atoms with Crippen molar-refractivity contribution in [2.45, 2.75) is 51.2 Å². The number of nitrogens with zero attached hydrogens (tertiary/aromatic N) is 5. The van der Waals surface area contributed by atoms with Gasteiger partial charge in [-0.15, -0.1) is 10.2 Å². The van der Waals surface area contributed by atoms with Crippen LogP contribution in [0, 0.1) is 0 Å². The first-order valence-corrected chi connectivity index (χ1v) is 13.6. The van der Waals surface area contributed by atoms with E-state index in [2.05, 4.69) is 55.3 Å². The fourth-order valence-corrected chi connectivity index (χ4v) is 4.05. The van der Waals surface area contributed by atoms with Crippen LogP contribution in [0.2, 0.25) is 25.7 Å². The molecule has 0 aliphatic heterocycles. The lowest BCUT2D eigenvalue weighted by molar-refractivity contribution is 0.0860. The molecule has 1 saturated carbocycles. The molecule has 3 aromatic rings. The molecule has 1 fully saturated rings. The van der Waals surface area contributed by atoms with Gasteiger partial charge in [-0.2, -0.15) is 0 Å². The highest BCUT2D eigenvalue weighted by Gasteiger charge is 2.31. The van der Waals surface area contributed by atoms with Crippen LogP contribution in [0.4, 0.5) is 0 Å². The third-order valence-electron chi connectivity index (χ3n) is 4.65. The maximum absolute atomic E-state index is 6.02. The summed E-state index contributed by atoms with van der Waals surface area (Å²) in [5, 5.41) is 8.94. The molecular weight excluding hydrogens is 410 g/mol. The van der Waals surface area contributed by atoms with Crippen LogP contribution in [0.25, 0.3) is 17.0 Å². The molecule has 1 aliphatic carbocycles. The molecule has 6 nitrogen and oxygen atoms in total. The largest absolute Gasteiger partial charge is 0.361 e. The average Bonchev–Trinajstić information content (AvgIpc) is 3.20. The number of halogens is 1. The Kier molecular flexibility index (Phi) is 4.74. The van der Waals surface area contributed by atoms with Crippen molar-refractivity contribution in [3.05, 3.63) is 35.0 Å². The van der Waals surface area contributed by atoms with E-state index in [4.69, 9.17) is 4.74 Å². The summed E-state index contributed by atoms with van der Waals surface area (Å²) in [7, 11) is -1.10. The molecule has 0 saturated heterocycles. The van der Waals surface area contributed by atoms with E-state index in [-0.39, 0.29) is 0 Å². The van der Waals surface area contributed by atoms with E-state index >= 15 is 0 Å². The molecule has 138 valence electrons. The van der Waals surface area contributed by atoms with Crippen molar-refractivity contribution in [3.63, 3.8) is 0 Å². The maximum Gasteiger partial charge on any atom is 0.186 e. The van der Waals surface area contributed by atoms with Crippen molar-refractivity contribution in [3.8, 4) is 11.5 Å². The van der Waals surface area contributed by atoms with Crippen molar-refractivity contribution in [1.29, 1.82) is 0 Å². The predicted molar refractivity (Wildman–Crippen MR) is 108 cm³/mol. The summed E-state index contributed by atoms with van der Waals surface area (Å²) in [6.45, 7) is 8.38. The molecule has 0 radical (unpaired) electrons. The van der Waals surface area contributed by atoms with E-state index in [1.807, 2.05) is 29.1 Å². The van der Waals surface area contributed by atoms with Gasteiger partial charge in [0.15, 0.2) is 5.82 Å². The van der Waals surface area contributed by atoms with Gasteiger partial charge in [0.1, 0.15) is 24.6 Å². The molecule has 1 aliphatic rings. The third kappa shape index (κ3) is 3.77. The minimum Gasteiger partial charge on any atom is -0.361 e. The van der Waals surface area contributed by atoms with Crippen LogP contribution in [0.1, 0.15) is 24.6 Å². The molecule has 0 bridgehead atoms. The Morgan fingerprint density at radius 2 is 2.04 bits per heavy atom. The van der Waals surface area contributed by atoms with Gasteiger partial charge in [0.05, 0.1) is 5.52 Å². The number of rotatable bonds is 7. The highest BCUT2D eigenvalue weighted by Crippen LogP contribution is 2.40. The normalized spacial score (nSPS) is 15.1. The van der Waals surface area contributed by atoms with Gasteiger partial charge in [0.25, 0.3) is 0 Å². The fourth-order valence-electron chi connectivity index (χ4n) is 2.94. The van der Waals surface area contributed by atoms with Gasteiger partial charge in [0.2, 0.25) is 0 Å². The Bertz CT molecular complexity index is 925. The lowest BCUT2D eigenvalue weighted by atomic mass is 10.3. The standard InChI is InChI=1S/C18H24BrN5OSi/c1-26(2,3)9-8-25-12-24-17(13-4-5-13)21-22-18(24)16-15-7-6-14(19)10-23(15)11-20-16/h6-7,10-11,13H,4-5,8-9,12H2,1-3H3. The smallest absolute Gasteiger partial charge is 0.186 e. The van der Waals surface area contributed by atoms with Crippen molar-refractivity contribution < 1.29 is 4.74 Å². The summed E-state index contributed by atoms with van der Waals surface area (Å²) in [6.07, 6.45) is 6.18. The number of pyridine rings is 1. The quantitative estimate of drug-likeness (QED) is 0.405. The number of hydrogen-bond donors (Lipinski definition) is 0. The van der Waals surface area contributed by atoms with E-state index in [1.54, 1.807) is 0 Å². The van der Waals surface area contributed by atoms with Crippen LogP contribution in [-0.2, 0) is 11.5 Å². The Labute approximate surface area is 162 Å². The number of imidazole rings is 1. The SMILES string of the molecule is C[Si](C)(C)CCOCn1c(-c2ncn3cc(Br)ccc23)nnc1C1CC1. The van der Waals surface area contributed by atoms with E-state index in [0.29, 0.717) is 12.6 Å². The number of ether oxygens (including phenoxy) is 1. The van der Waals surface area contributed by atoms with Crippen LogP contribution in [-0.4, -0.2) is 38.8 Å². The van der Waals surface area contributed by atoms with Crippen LogP contribution < -0.4 is 0 Å². The Morgan fingerprint density at radius 3 is 2.77 bits per heavy atom. The first-order chi connectivity index (χ1) is 12.4. The molecule has 8 heteroatoms. The molecule has 0 unspecified atom stereocenters. The summed E-state index contributed by atoms with van der Waals surface area (Å²) >= 11 is 3.50. The van der Waals surface area contributed by atoms with Gasteiger partial charge in [0, 0.05) is 31.3 Å². The number of aromatic nitrogens is 5. The van der Waals surface area contributed by atoms with Crippen molar-refractivity contribution in [2.75, 3.05) is 6.61 Å². The van der Waals surface area contributed by atoms with Crippen molar-refractivity contribution >= 4 is 29.5 Å². The average molecular weight is 434 g/mol. The van der Waals surface area contributed by atoms with E-state index in [1.165, 1.54) is 12.8 Å². The molecular formula is C18H24BrN5OSi. The first-order valence-electron chi connectivity index (χ1n) is 9.06. The summed E-state index contributed by atoms with van der Waals surface area (Å²) in [6, 6.07) is 5.23. The van der Waals surface area contributed by atoms with Crippen molar-refractivity contribution in [1.82, 2.24) is 24.1 Å². The molecule has 0 amide bonds. The monoisotopic (exact) mass is 433 g/mol. The summed E-state index contributed by atoms with van der Waals surface area (Å²) in [5.41, 5.74) is 1.87. The molecule has 0 spiro atoms. The van der Waals surface area contributed by atoms with E-state index in [0.717, 1.165) is 40.0 Å². The second-order valence-corrected chi connectivity index (χ2v) is 14.7. The van der Waals surface area contributed by atoms with Crippen LogP contribution in [0.15, 0.2) is 29.1 Å². The zero-order valence-electron chi connectivity index (χ0n) is 15.4. The van der Waals surface area contributed by atoms with Gasteiger partial charge in [-0.1, -0.05) is 19.6 Å².